The average molecular weight is 240 g/mol. The summed E-state index contributed by atoms with van der Waals surface area (Å²) in [6, 6.07) is 10.4. The lowest BCUT2D eigenvalue weighted by molar-refractivity contribution is 0.0971. The summed E-state index contributed by atoms with van der Waals surface area (Å²) in [6.07, 6.45) is 1.30. The smallest absolute Gasteiger partial charge is 0.255 e. The van der Waals surface area contributed by atoms with E-state index in [9.17, 15) is 9.59 Å². The molecule has 2 aromatic carbocycles. The maximum absolute atomic E-state index is 11.9. The molecule has 0 aliphatic carbocycles. The summed E-state index contributed by atoms with van der Waals surface area (Å²) in [6.45, 7) is 3.44. The Bertz CT molecular complexity index is 642. The van der Waals surface area contributed by atoms with Gasteiger partial charge >= 0.3 is 0 Å². The van der Waals surface area contributed by atoms with Crippen LogP contribution in [0.2, 0.25) is 0 Å². The molecule has 0 atom stereocenters. The van der Waals surface area contributed by atoms with Crippen molar-refractivity contribution >= 4 is 22.6 Å². The number of nitrogens with two attached hydrogens (primary N) is 1. The molecule has 4 nitrogen and oxygen atoms in total. The number of benzene rings is 2. The van der Waals surface area contributed by atoms with Gasteiger partial charge in [0.1, 0.15) is 0 Å². The molecule has 0 spiro atoms. The Morgan fingerprint density at radius 2 is 1.72 bits per heavy atom. The van der Waals surface area contributed by atoms with E-state index in [1.165, 1.54) is 6.20 Å². The molecule has 90 valence electrons. The minimum Gasteiger partial charge on any atom is -0.366 e. The van der Waals surface area contributed by atoms with Gasteiger partial charge in [-0.25, -0.2) is 0 Å². The lowest BCUT2D eigenvalue weighted by Crippen LogP contribution is -2.19. The highest BCUT2D eigenvalue weighted by atomic mass is 16.2. The highest BCUT2D eigenvalue weighted by Crippen LogP contribution is 2.23. The van der Waals surface area contributed by atoms with Crippen LogP contribution >= 0.6 is 0 Å². The van der Waals surface area contributed by atoms with Gasteiger partial charge in [-0.2, -0.15) is 0 Å². The van der Waals surface area contributed by atoms with Gasteiger partial charge in [0.25, 0.3) is 5.91 Å². The predicted molar refractivity (Wildman–Crippen MR) is 70.1 cm³/mol. The Morgan fingerprint density at radius 3 is 2.28 bits per heavy atom. The maximum Gasteiger partial charge on any atom is 0.255 e. The lowest BCUT2D eigenvalue weighted by atomic mass is 9.98. The van der Waals surface area contributed by atoms with Gasteiger partial charge < -0.3 is 11.1 Å². The average Bonchev–Trinajstić information content (AvgIpc) is 2.37. The third kappa shape index (κ3) is 1.96. The van der Waals surface area contributed by atoms with Crippen LogP contribution in [0.3, 0.4) is 0 Å². The molecule has 0 fully saturated rings. The molecule has 0 saturated carbocycles. The first-order valence-electron chi connectivity index (χ1n) is 5.38. The third-order valence-electron chi connectivity index (χ3n) is 2.65. The van der Waals surface area contributed by atoms with Gasteiger partial charge in [0.15, 0.2) is 0 Å². The van der Waals surface area contributed by atoms with Crippen molar-refractivity contribution in [2.45, 2.75) is 0 Å². The summed E-state index contributed by atoms with van der Waals surface area (Å²) >= 11 is 0. The van der Waals surface area contributed by atoms with Crippen molar-refractivity contribution in [2.75, 3.05) is 0 Å². The van der Waals surface area contributed by atoms with Gasteiger partial charge in [-0.1, -0.05) is 30.8 Å². The van der Waals surface area contributed by atoms with Gasteiger partial charge in [-0.05, 0) is 23.7 Å². The van der Waals surface area contributed by atoms with E-state index in [-0.39, 0.29) is 5.91 Å². The van der Waals surface area contributed by atoms with Gasteiger partial charge in [-0.3, -0.25) is 9.59 Å². The molecule has 0 unspecified atom stereocenters. The van der Waals surface area contributed by atoms with Crippen LogP contribution < -0.4 is 11.1 Å². The number of carbonyl (C=O) groups excluding carboxylic acids is 2. The zero-order valence-electron chi connectivity index (χ0n) is 9.64. The van der Waals surface area contributed by atoms with Crippen molar-refractivity contribution < 1.29 is 9.59 Å². The van der Waals surface area contributed by atoms with E-state index in [0.717, 1.165) is 5.39 Å². The molecule has 0 aliphatic rings. The van der Waals surface area contributed by atoms with Gasteiger partial charge in [0, 0.05) is 16.5 Å². The molecule has 18 heavy (non-hydrogen) atoms. The monoisotopic (exact) mass is 240 g/mol. The normalized spacial score (nSPS) is 10.0. The fraction of sp³-hybridized carbons (Fsp3) is 0. The summed E-state index contributed by atoms with van der Waals surface area (Å²) in [5, 5.41) is 3.85. The fourth-order valence-electron chi connectivity index (χ4n) is 1.91. The van der Waals surface area contributed by atoms with Crippen molar-refractivity contribution in [2.24, 2.45) is 5.73 Å². The van der Waals surface area contributed by atoms with E-state index < -0.39 is 5.91 Å². The standard InChI is InChI=1S/C14H12N2O2/c1-2-16-14(18)11-8-4-6-9-5-3-7-10(12(9)11)13(15)17/h2-8H,1H2,(H2,15,17)(H,16,18). The first-order valence-corrected chi connectivity index (χ1v) is 5.38. The molecule has 3 N–H and O–H groups in total. The second kappa shape index (κ2) is 4.71. The van der Waals surface area contributed by atoms with Crippen LogP contribution in [-0.4, -0.2) is 11.8 Å². The molecule has 2 aromatic rings. The summed E-state index contributed by atoms with van der Waals surface area (Å²) < 4.78 is 0. The van der Waals surface area contributed by atoms with Crippen LogP contribution in [0.4, 0.5) is 0 Å². The highest BCUT2D eigenvalue weighted by Gasteiger charge is 2.14. The number of nitrogens with one attached hydrogen (secondary N) is 1. The summed E-state index contributed by atoms with van der Waals surface area (Å²) in [4.78, 5) is 23.3. The predicted octanol–water partition coefficient (Wildman–Crippen LogP) is 1.81. The maximum atomic E-state index is 11.9. The van der Waals surface area contributed by atoms with E-state index in [4.69, 9.17) is 5.73 Å². The van der Waals surface area contributed by atoms with Crippen molar-refractivity contribution in [3.05, 3.63) is 60.3 Å². The molecule has 0 bridgehead atoms. The number of carbonyl (C=O) groups is 2. The molecule has 0 saturated heterocycles. The van der Waals surface area contributed by atoms with Crippen LogP contribution in [0.25, 0.3) is 10.8 Å². The summed E-state index contributed by atoms with van der Waals surface area (Å²) in [5.41, 5.74) is 6.07. The van der Waals surface area contributed by atoms with Crippen molar-refractivity contribution in [3.63, 3.8) is 0 Å². The largest absolute Gasteiger partial charge is 0.366 e. The van der Waals surface area contributed by atoms with Crippen molar-refractivity contribution in [1.29, 1.82) is 0 Å². The quantitative estimate of drug-likeness (QED) is 0.858. The Morgan fingerprint density at radius 1 is 1.11 bits per heavy atom. The fourth-order valence-corrected chi connectivity index (χ4v) is 1.91. The number of amides is 2. The molecular formula is C14H12N2O2. The molecule has 2 rings (SSSR count). The van der Waals surface area contributed by atoms with Crippen LogP contribution in [0, 0.1) is 0 Å². The molecular weight excluding hydrogens is 228 g/mol. The van der Waals surface area contributed by atoms with Gasteiger partial charge in [0.05, 0.1) is 0 Å². The van der Waals surface area contributed by atoms with Crippen LogP contribution in [0.1, 0.15) is 20.7 Å². The number of primary amides is 1. The zero-order chi connectivity index (χ0) is 13.1. The summed E-state index contributed by atoms with van der Waals surface area (Å²) in [7, 11) is 0. The van der Waals surface area contributed by atoms with E-state index in [0.29, 0.717) is 16.5 Å². The first-order chi connectivity index (χ1) is 8.65. The molecule has 2 amide bonds. The van der Waals surface area contributed by atoms with Crippen molar-refractivity contribution in [1.82, 2.24) is 5.32 Å². The Labute approximate surface area is 104 Å². The first kappa shape index (κ1) is 11.9. The van der Waals surface area contributed by atoms with Gasteiger partial charge in [0.2, 0.25) is 5.91 Å². The second-order valence-electron chi connectivity index (χ2n) is 3.75. The zero-order valence-corrected chi connectivity index (χ0v) is 9.64. The Hall–Kier alpha value is -2.62. The molecule has 0 aliphatic heterocycles. The number of hydrogen-bond acceptors (Lipinski definition) is 2. The van der Waals surface area contributed by atoms with E-state index in [1.54, 1.807) is 24.3 Å². The molecule has 4 heteroatoms. The number of hydrogen-bond donors (Lipinski definition) is 2. The minimum absolute atomic E-state index is 0.315. The van der Waals surface area contributed by atoms with E-state index in [2.05, 4.69) is 11.9 Å². The van der Waals surface area contributed by atoms with E-state index in [1.807, 2.05) is 12.1 Å². The van der Waals surface area contributed by atoms with Gasteiger partial charge in [-0.15, -0.1) is 0 Å². The Balaban J connectivity index is 2.77. The van der Waals surface area contributed by atoms with Crippen LogP contribution in [-0.2, 0) is 0 Å². The van der Waals surface area contributed by atoms with E-state index >= 15 is 0 Å². The lowest BCUT2D eigenvalue weighted by Gasteiger charge is -2.08. The Kier molecular flexibility index (Phi) is 3.10. The van der Waals surface area contributed by atoms with Crippen molar-refractivity contribution in [3.8, 4) is 0 Å². The second-order valence-corrected chi connectivity index (χ2v) is 3.75. The topological polar surface area (TPSA) is 72.2 Å². The molecule has 0 aromatic heterocycles. The number of fused-ring (bicyclic) bond motifs is 1. The number of rotatable bonds is 3. The molecule has 0 heterocycles. The highest BCUT2D eigenvalue weighted by molar-refractivity contribution is 6.15. The summed E-state index contributed by atoms with van der Waals surface area (Å²) in [5.74, 6) is -0.872. The van der Waals surface area contributed by atoms with Crippen LogP contribution in [0.15, 0.2) is 49.2 Å². The third-order valence-corrected chi connectivity index (χ3v) is 2.65. The molecule has 0 radical (unpaired) electrons. The SMILES string of the molecule is C=CNC(=O)c1cccc2cccc(C(N)=O)c12. The minimum atomic E-state index is -0.556. The van der Waals surface area contributed by atoms with Crippen LogP contribution in [0.5, 0.6) is 0 Å².